The van der Waals surface area contributed by atoms with Gasteiger partial charge in [0.15, 0.2) is 0 Å². The fraction of sp³-hybridized carbons (Fsp3) is 0.529. The van der Waals surface area contributed by atoms with Gasteiger partial charge in [0, 0.05) is 25.5 Å². The predicted molar refractivity (Wildman–Crippen MR) is 93.7 cm³/mol. The van der Waals surface area contributed by atoms with Crippen LogP contribution >= 0.6 is 0 Å². The van der Waals surface area contributed by atoms with Crippen LogP contribution in [0.3, 0.4) is 0 Å². The quantitative estimate of drug-likeness (QED) is 0.142. The van der Waals surface area contributed by atoms with E-state index >= 15 is 0 Å². The summed E-state index contributed by atoms with van der Waals surface area (Å²) in [7, 11) is 0. The molecule has 1 fully saturated rings. The minimum atomic E-state index is -2.68. The Balaban J connectivity index is 0.00000480. The Morgan fingerprint density at radius 3 is 2.39 bits per heavy atom. The Morgan fingerprint density at radius 2 is 1.94 bits per heavy atom. The molecule has 0 aliphatic carbocycles. The number of nitro groups is 1. The van der Waals surface area contributed by atoms with Crippen molar-refractivity contribution in [3.05, 3.63) is 34.4 Å². The zero-order valence-corrected chi connectivity index (χ0v) is 18.7. The molecule has 6 atom stereocenters. The van der Waals surface area contributed by atoms with Crippen LogP contribution in [-0.4, -0.2) is 80.1 Å². The Kier molecular flexibility index (Phi) is 9.78. The molecule has 1 aromatic rings. The average molecular weight is 452 g/mol. The molecule has 31 heavy (non-hydrogen) atoms. The molecular weight excluding hydrogens is 431 g/mol. The number of ether oxygens (including phenoxy) is 2. The van der Waals surface area contributed by atoms with E-state index in [0.717, 1.165) is 31.2 Å². The van der Waals surface area contributed by atoms with Crippen LogP contribution in [0.1, 0.15) is 13.3 Å². The van der Waals surface area contributed by atoms with E-state index in [2.05, 4.69) is 5.32 Å². The molecule has 5 N–H and O–H groups in total. The molecule has 1 aliphatic heterocycles. The van der Waals surface area contributed by atoms with Gasteiger partial charge in [-0.3, -0.25) is 14.9 Å². The van der Waals surface area contributed by atoms with Crippen molar-refractivity contribution >= 4 is 17.6 Å². The van der Waals surface area contributed by atoms with Gasteiger partial charge < -0.3 is 45.1 Å². The number of carboxylic acids is 1. The number of hydrogen-bond donors (Lipinski definition) is 5. The molecule has 14 heteroatoms. The summed E-state index contributed by atoms with van der Waals surface area (Å²) in [6, 6.07) is 2.91. The first kappa shape index (κ1) is 27.2. The second kappa shape index (κ2) is 11.2. The summed E-state index contributed by atoms with van der Waals surface area (Å²) >= 11 is 0. The van der Waals surface area contributed by atoms with Crippen molar-refractivity contribution in [1.82, 2.24) is 5.32 Å². The first-order valence-corrected chi connectivity index (χ1v) is 8.75. The summed E-state index contributed by atoms with van der Waals surface area (Å²) in [5, 5.41) is 64.5. The number of aliphatic hydroxyl groups excluding tert-OH is 4. The van der Waals surface area contributed by atoms with E-state index in [-0.39, 0.29) is 41.0 Å². The summed E-state index contributed by atoms with van der Waals surface area (Å²) in [4.78, 5) is 33.4. The van der Waals surface area contributed by atoms with Crippen LogP contribution in [0.2, 0.25) is 0 Å². The van der Waals surface area contributed by atoms with E-state index < -0.39 is 66.1 Å². The van der Waals surface area contributed by atoms with E-state index in [1.165, 1.54) is 0 Å². The number of non-ortho nitro benzene ring substituents is 1. The third-order valence-corrected chi connectivity index (χ3v) is 4.50. The van der Waals surface area contributed by atoms with Gasteiger partial charge in [0.05, 0.1) is 23.7 Å². The predicted octanol–water partition coefficient (Wildman–Crippen LogP) is -6.21. The summed E-state index contributed by atoms with van der Waals surface area (Å²) in [5.41, 5.74) is -0.292. The summed E-state index contributed by atoms with van der Waals surface area (Å²) in [5.74, 6) is -5.45. The van der Waals surface area contributed by atoms with E-state index in [1.54, 1.807) is 0 Å². The number of rotatable bonds is 8. The van der Waals surface area contributed by atoms with Crippen molar-refractivity contribution in [2.75, 3.05) is 6.61 Å². The van der Waals surface area contributed by atoms with Gasteiger partial charge in [0.2, 0.25) is 5.91 Å². The number of hydrogen-bond acceptors (Lipinski definition) is 11. The zero-order chi connectivity index (χ0) is 22.6. The average Bonchev–Trinajstić information content (AvgIpc) is 2.68. The zero-order valence-electron chi connectivity index (χ0n) is 16.7. The van der Waals surface area contributed by atoms with Crippen LogP contribution in [0.15, 0.2) is 24.3 Å². The number of amides is 1. The van der Waals surface area contributed by atoms with E-state index in [0.29, 0.717) is 0 Å². The minimum absolute atomic E-state index is 0. The maximum Gasteiger partial charge on any atom is 1.00 e. The molecule has 0 spiro atoms. The Morgan fingerprint density at radius 1 is 1.35 bits per heavy atom. The fourth-order valence-electron chi connectivity index (χ4n) is 3.05. The second-order valence-corrected chi connectivity index (χ2v) is 6.71. The maximum atomic E-state index is 11.9. The molecule has 1 heterocycles. The van der Waals surface area contributed by atoms with Gasteiger partial charge in [-0.05, 0) is 12.1 Å². The van der Waals surface area contributed by atoms with Crippen LogP contribution < -0.4 is 44.7 Å². The largest absolute Gasteiger partial charge is 1.00 e. The Hall–Kier alpha value is -1.84. The number of carboxylic acid groups (broad SMARTS) is 1. The number of carbonyl (C=O) groups is 2. The van der Waals surface area contributed by atoms with E-state index in [1.807, 2.05) is 0 Å². The van der Waals surface area contributed by atoms with Gasteiger partial charge >= 0.3 is 29.6 Å². The minimum Gasteiger partial charge on any atom is -0.543 e. The van der Waals surface area contributed by atoms with Crippen LogP contribution in [0, 0.1) is 10.1 Å². The molecule has 13 nitrogen and oxygen atoms in total. The van der Waals surface area contributed by atoms with Crippen molar-refractivity contribution in [2.24, 2.45) is 0 Å². The van der Waals surface area contributed by atoms with E-state index in [9.17, 15) is 40.1 Å². The van der Waals surface area contributed by atoms with Crippen LogP contribution in [0.5, 0.6) is 5.75 Å². The molecule has 1 aliphatic rings. The van der Waals surface area contributed by atoms with Gasteiger partial charge in [-0.25, -0.2) is 0 Å². The molecule has 4 unspecified atom stereocenters. The molecule has 2 rings (SSSR count). The molecule has 166 valence electrons. The molecule has 0 bridgehead atoms. The summed E-state index contributed by atoms with van der Waals surface area (Å²) in [6.45, 7) is 0.179. The first-order chi connectivity index (χ1) is 14.0. The smallest absolute Gasteiger partial charge is 0.543 e. The first-order valence-electron chi connectivity index (χ1n) is 8.75. The maximum absolute atomic E-state index is 11.9. The van der Waals surface area contributed by atoms with Gasteiger partial charge in [0.25, 0.3) is 11.5 Å². The molecule has 0 aromatic heterocycles. The number of benzene rings is 1. The molecule has 1 amide bonds. The SMILES string of the molecule is CC(=O)NC1C(O)CC(Oc2ccc([N+](=O)[O-])cc2)(C(=O)[O-])OC1[C@@H](O)[C@@H](O)CO.[Na+]. The second-order valence-electron chi connectivity index (χ2n) is 6.71. The molecule has 1 saturated heterocycles. The third-order valence-electron chi connectivity index (χ3n) is 4.50. The topological polar surface area (TPSA) is 212 Å². The van der Waals surface area contributed by atoms with Gasteiger partial charge in [-0.2, -0.15) is 0 Å². The number of nitrogens with one attached hydrogen (secondary N) is 1. The van der Waals surface area contributed by atoms with Crippen molar-refractivity contribution in [1.29, 1.82) is 0 Å². The monoisotopic (exact) mass is 452 g/mol. The fourth-order valence-corrected chi connectivity index (χ4v) is 3.05. The van der Waals surface area contributed by atoms with Gasteiger partial charge in [0.1, 0.15) is 30.0 Å². The Bertz CT molecular complexity index is 793. The van der Waals surface area contributed by atoms with Crippen LogP contribution in [0.25, 0.3) is 0 Å². The van der Waals surface area contributed by atoms with Gasteiger partial charge in [-0.1, -0.05) is 0 Å². The molecule has 0 radical (unpaired) electrons. The van der Waals surface area contributed by atoms with Crippen LogP contribution in [0.4, 0.5) is 5.69 Å². The van der Waals surface area contributed by atoms with Crippen molar-refractivity contribution in [2.45, 2.75) is 49.6 Å². The van der Waals surface area contributed by atoms with Crippen molar-refractivity contribution in [3.63, 3.8) is 0 Å². The Labute approximate surface area is 198 Å². The number of aliphatic carboxylic acids is 1. The third kappa shape index (κ3) is 6.33. The van der Waals surface area contributed by atoms with E-state index in [4.69, 9.17) is 14.6 Å². The molecule has 1 aromatic carbocycles. The molecular formula is C17H21N2NaO11. The standard InChI is InChI=1S/C17H22N2O11.Na/c1-8(21)18-13-11(22)6-17(16(25)26,30-15(13)14(24)12(23)7-20)29-10-4-2-9(3-5-10)19(27)28;/h2-5,11-15,20,22-24H,6-7H2,1H3,(H,18,21)(H,25,26);/q;+1/p-1/t11?,12-,13?,14-,15?,17?;/m0./s1. The number of nitro benzene ring substituents is 1. The van der Waals surface area contributed by atoms with Crippen LogP contribution in [-0.2, 0) is 14.3 Å². The molecule has 0 saturated carbocycles. The van der Waals surface area contributed by atoms with Crippen molar-refractivity contribution in [3.8, 4) is 5.75 Å². The number of carbonyl (C=O) groups excluding carboxylic acids is 2. The number of nitrogens with zero attached hydrogens (tertiary/aromatic N) is 1. The normalized spacial score (nSPS) is 27.3. The summed E-state index contributed by atoms with van der Waals surface area (Å²) < 4.78 is 10.7. The summed E-state index contributed by atoms with van der Waals surface area (Å²) in [6.07, 6.45) is -7.84. The van der Waals surface area contributed by atoms with Gasteiger partial charge in [-0.15, -0.1) is 0 Å². The number of aliphatic hydroxyl groups is 4. The van der Waals surface area contributed by atoms with Crippen molar-refractivity contribution < 1.29 is 79.1 Å².